The molecule has 146 valence electrons. The van der Waals surface area contributed by atoms with E-state index in [-0.39, 0.29) is 17.7 Å². The van der Waals surface area contributed by atoms with Gasteiger partial charge < -0.3 is 9.73 Å². The number of carbonyl (C=O) groups excluding carboxylic acids is 1. The second-order valence-electron chi connectivity index (χ2n) is 6.09. The van der Waals surface area contributed by atoms with Gasteiger partial charge in [0.2, 0.25) is 5.13 Å². The fourth-order valence-corrected chi connectivity index (χ4v) is 5.24. The van der Waals surface area contributed by atoms with Gasteiger partial charge in [-0.15, -0.1) is 21.5 Å². The van der Waals surface area contributed by atoms with E-state index in [1.165, 1.54) is 23.1 Å². The van der Waals surface area contributed by atoms with Crippen LogP contribution in [0, 0.1) is 0 Å². The molecule has 1 aliphatic heterocycles. The molecule has 10 heteroatoms. The van der Waals surface area contributed by atoms with Crippen molar-refractivity contribution in [2.45, 2.75) is 30.1 Å². The summed E-state index contributed by atoms with van der Waals surface area (Å²) in [6, 6.07) is 7.65. The van der Waals surface area contributed by atoms with E-state index in [4.69, 9.17) is 4.42 Å². The van der Waals surface area contributed by atoms with Crippen LogP contribution < -0.4 is 5.32 Å². The average Bonchev–Trinajstić information content (AvgIpc) is 3.48. The Morgan fingerprint density at radius 2 is 2.32 bits per heavy atom. The number of nitrogens with one attached hydrogen (secondary N) is 1. The Labute approximate surface area is 174 Å². The summed E-state index contributed by atoms with van der Waals surface area (Å²) in [7, 11) is 0. The third kappa shape index (κ3) is 4.29. The number of hydrogen-bond donors (Lipinski definition) is 1. The van der Waals surface area contributed by atoms with Crippen molar-refractivity contribution in [3.8, 4) is 0 Å². The summed E-state index contributed by atoms with van der Waals surface area (Å²) >= 11 is 4.49. The summed E-state index contributed by atoms with van der Waals surface area (Å²) < 4.78 is 6.25. The van der Waals surface area contributed by atoms with Gasteiger partial charge in [-0.05, 0) is 30.0 Å². The summed E-state index contributed by atoms with van der Waals surface area (Å²) in [5.74, 6) is 0.919. The number of aromatic nitrogens is 2. The Hall–Kier alpha value is -2.17. The van der Waals surface area contributed by atoms with E-state index in [9.17, 15) is 4.79 Å². The number of anilines is 1. The molecule has 1 atom stereocenters. The first-order valence-corrected chi connectivity index (χ1v) is 11.6. The summed E-state index contributed by atoms with van der Waals surface area (Å²) in [5.41, 5.74) is 0.795. The number of furan rings is 1. The van der Waals surface area contributed by atoms with Crippen LogP contribution in [-0.4, -0.2) is 39.1 Å². The van der Waals surface area contributed by atoms with Crippen molar-refractivity contribution in [3.05, 3.63) is 46.5 Å². The maximum Gasteiger partial charge on any atom is 0.253 e. The molecule has 1 aliphatic rings. The Bertz CT molecular complexity index is 937. The van der Waals surface area contributed by atoms with Crippen molar-refractivity contribution in [3.63, 3.8) is 0 Å². The maximum absolute atomic E-state index is 12.9. The van der Waals surface area contributed by atoms with Crippen LogP contribution in [0.25, 0.3) is 0 Å². The molecule has 4 heterocycles. The van der Waals surface area contributed by atoms with Crippen LogP contribution >= 0.6 is 34.4 Å². The maximum atomic E-state index is 12.9. The molecule has 0 unspecified atom stereocenters. The first-order chi connectivity index (χ1) is 13.7. The lowest BCUT2D eigenvalue weighted by Gasteiger charge is -2.20. The van der Waals surface area contributed by atoms with Crippen LogP contribution in [0.3, 0.4) is 0 Å². The number of amides is 1. The lowest BCUT2D eigenvalue weighted by molar-refractivity contribution is -0.130. The molecule has 7 nitrogen and oxygen atoms in total. The normalized spacial score (nSPS) is 16.4. The number of thiophene rings is 1. The van der Waals surface area contributed by atoms with E-state index in [0.29, 0.717) is 12.2 Å². The van der Waals surface area contributed by atoms with Gasteiger partial charge in [0.1, 0.15) is 11.5 Å². The van der Waals surface area contributed by atoms with Crippen molar-refractivity contribution in [1.29, 1.82) is 0 Å². The molecule has 0 aliphatic carbocycles. The fourth-order valence-electron chi connectivity index (χ4n) is 2.80. The Kier molecular flexibility index (Phi) is 6.08. The van der Waals surface area contributed by atoms with E-state index in [1.54, 1.807) is 22.6 Å². The molecule has 0 spiro atoms. The van der Waals surface area contributed by atoms with Crippen LogP contribution in [0.1, 0.15) is 36.4 Å². The van der Waals surface area contributed by atoms with Gasteiger partial charge in [0, 0.05) is 17.8 Å². The molecule has 0 saturated carbocycles. The van der Waals surface area contributed by atoms with E-state index >= 15 is 0 Å². The quantitative estimate of drug-likeness (QED) is 0.527. The van der Waals surface area contributed by atoms with Gasteiger partial charge in [-0.1, -0.05) is 36.1 Å². The van der Waals surface area contributed by atoms with Gasteiger partial charge >= 0.3 is 0 Å². The third-order valence-electron chi connectivity index (χ3n) is 4.09. The van der Waals surface area contributed by atoms with E-state index < -0.39 is 0 Å². The average molecular weight is 434 g/mol. The topological polar surface area (TPSA) is 83.6 Å². The highest BCUT2D eigenvalue weighted by Crippen LogP contribution is 2.36. The number of carbonyl (C=O) groups is 1. The zero-order valence-corrected chi connectivity index (χ0v) is 17.6. The highest BCUT2D eigenvalue weighted by molar-refractivity contribution is 8.01. The van der Waals surface area contributed by atoms with Crippen molar-refractivity contribution in [1.82, 2.24) is 15.2 Å². The molecule has 0 bridgehead atoms. The minimum Gasteiger partial charge on any atom is -0.463 e. The summed E-state index contributed by atoms with van der Waals surface area (Å²) in [6.07, 6.45) is 3.29. The Balaban J connectivity index is 1.45. The summed E-state index contributed by atoms with van der Waals surface area (Å²) in [6.45, 7) is 2.96. The molecule has 0 saturated heterocycles. The van der Waals surface area contributed by atoms with Crippen LogP contribution in [0.4, 0.5) is 5.13 Å². The number of thioether (sulfide) groups is 1. The summed E-state index contributed by atoms with van der Waals surface area (Å²) in [4.78, 5) is 14.0. The first kappa shape index (κ1) is 19.2. The first-order valence-electron chi connectivity index (χ1n) is 8.91. The monoisotopic (exact) mass is 433 g/mol. The third-order valence-corrected chi connectivity index (χ3v) is 7.07. The fraction of sp³-hybridized carbons (Fsp3) is 0.333. The molecular formula is C18H19N5O2S3. The molecule has 28 heavy (non-hydrogen) atoms. The Morgan fingerprint density at radius 1 is 1.39 bits per heavy atom. The zero-order chi connectivity index (χ0) is 19.3. The lowest BCUT2D eigenvalue weighted by atomic mass is 10.1. The molecule has 1 amide bonds. The molecule has 0 radical (unpaired) electrons. The molecule has 3 aromatic heterocycles. The van der Waals surface area contributed by atoms with Crippen LogP contribution in [0.2, 0.25) is 0 Å². The van der Waals surface area contributed by atoms with Gasteiger partial charge in [-0.25, -0.2) is 5.01 Å². The van der Waals surface area contributed by atoms with Crippen molar-refractivity contribution in [2.24, 2.45) is 5.10 Å². The standard InChI is InChI=1S/C18H19N5O2S3/c1-2-7-19-17-20-21-18(28-17)27-11-16(24)23-13(15-6-4-9-26-15)10-12(22-23)14-5-3-8-25-14/h3-6,8-9,13H,2,7,10-11H2,1H3,(H,19,20)/t13-/m0/s1. The molecular weight excluding hydrogens is 414 g/mol. The number of hydrogen-bond acceptors (Lipinski definition) is 9. The minimum atomic E-state index is -0.0931. The van der Waals surface area contributed by atoms with Gasteiger partial charge in [0.15, 0.2) is 4.34 Å². The van der Waals surface area contributed by atoms with Gasteiger partial charge in [0.25, 0.3) is 5.91 Å². The van der Waals surface area contributed by atoms with E-state index in [1.807, 2.05) is 29.6 Å². The van der Waals surface area contributed by atoms with Crippen molar-refractivity contribution < 1.29 is 9.21 Å². The molecule has 1 N–H and O–H groups in total. The molecule has 0 fully saturated rings. The highest BCUT2D eigenvalue weighted by Gasteiger charge is 2.34. The Morgan fingerprint density at radius 3 is 3.07 bits per heavy atom. The predicted molar refractivity (Wildman–Crippen MR) is 113 cm³/mol. The minimum absolute atomic E-state index is 0.0526. The van der Waals surface area contributed by atoms with Gasteiger partial charge in [-0.3, -0.25) is 4.79 Å². The van der Waals surface area contributed by atoms with E-state index in [0.717, 1.165) is 33.0 Å². The van der Waals surface area contributed by atoms with Crippen molar-refractivity contribution in [2.75, 3.05) is 17.6 Å². The van der Waals surface area contributed by atoms with Crippen molar-refractivity contribution >= 4 is 51.2 Å². The largest absolute Gasteiger partial charge is 0.463 e. The molecule has 0 aromatic carbocycles. The number of rotatable bonds is 8. The number of hydrazone groups is 1. The van der Waals surface area contributed by atoms with Gasteiger partial charge in [0.05, 0.1) is 18.1 Å². The number of nitrogens with zero attached hydrogens (tertiary/aromatic N) is 4. The van der Waals surface area contributed by atoms with Crippen LogP contribution in [0.15, 0.2) is 49.8 Å². The van der Waals surface area contributed by atoms with Crippen LogP contribution in [0.5, 0.6) is 0 Å². The van der Waals surface area contributed by atoms with Crippen LogP contribution in [-0.2, 0) is 4.79 Å². The highest BCUT2D eigenvalue weighted by atomic mass is 32.2. The lowest BCUT2D eigenvalue weighted by Crippen LogP contribution is -2.28. The van der Waals surface area contributed by atoms with E-state index in [2.05, 4.69) is 27.5 Å². The summed E-state index contributed by atoms with van der Waals surface area (Å²) in [5, 5.41) is 20.4. The van der Waals surface area contributed by atoms with Gasteiger partial charge in [-0.2, -0.15) is 5.10 Å². The second-order valence-corrected chi connectivity index (χ2v) is 9.27. The smallest absolute Gasteiger partial charge is 0.253 e. The SMILES string of the molecule is CCCNc1nnc(SCC(=O)N2N=C(c3ccco3)C[C@H]2c2cccs2)s1. The predicted octanol–water partition coefficient (Wildman–Crippen LogP) is 4.48. The molecule has 3 aromatic rings. The zero-order valence-electron chi connectivity index (χ0n) is 15.2. The second kappa shape index (κ2) is 8.89. The molecule has 4 rings (SSSR count).